The van der Waals surface area contributed by atoms with Gasteiger partial charge in [-0.1, -0.05) is 40.2 Å². The molecule has 0 bridgehead atoms. The van der Waals surface area contributed by atoms with E-state index in [1.54, 1.807) is 23.2 Å². The molecular formula is C19H19BrFN3O. The second-order valence-electron chi connectivity index (χ2n) is 5.76. The van der Waals surface area contributed by atoms with Gasteiger partial charge in [0, 0.05) is 36.9 Å². The Bertz CT molecular complexity index is 756. The smallest absolute Gasteiger partial charge is 0.321 e. The fourth-order valence-electron chi connectivity index (χ4n) is 2.73. The number of urea groups is 1. The Morgan fingerprint density at radius 2 is 1.72 bits per heavy atom. The predicted molar refractivity (Wildman–Crippen MR) is 102 cm³/mol. The van der Waals surface area contributed by atoms with Gasteiger partial charge in [0.25, 0.3) is 0 Å². The van der Waals surface area contributed by atoms with Gasteiger partial charge in [0.1, 0.15) is 5.82 Å². The lowest BCUT2D eigenvalue weighted by Gasteiger charge is -2.35. The van der Waals surface area contributed by atoms with Crippen LogP contribution in [0.3, 0.4) is 0 Å². The van der Waals surface area contributed by atoms with Crippen LogP contribution in [-0.2, 0) is 0 Å². The minimum Gasteiger partial charge on any atom is -0.366 e. The van der Waals surface area contributed by atoms with Crippen LogP contribution in [0.4, 0.5) is 14.9 Å². The van der Waals surface area contributed by atoms with Crippen molar-refractivity contribution in [1.29, 1.82) is 0 Å². The number of halogens is 2. The lowest BCUT2D eigenvalue weighted by molar-refractivity contribution is 0.198. The van der Waals surface area contributed by atoms with Gasteiger partial charge >= 0.3 is 6.03 Å². The average Bonchev–Trinajstić information content (AvgIpc) is 2.64. The van der Waals surface area contributed by atoms with Gasteiger partial charge in [-0.15, -0.1) is 0 Å². The van der Waals surface area contributed by atoms with E-state index in [1.807, 2.05) is 41.3 Å². The maximum absolute atomic E-state index is 13.8. The maximum Gasteiger partial charge on any atom is 0.321 e. The zero-order chi connectivity index (χ0) is 17.6. The Labute approximate surface area is 155 Å². The average molecular weight is 404 g/mol. The van der Waals surface area contributed by atoms with Crippen LogP contribution in [0, 0.1) is 5.82 Å². The van der Waals surface area contributed by atoms with E-state index in [0.29, 0.717) is 31.9 Å². The highest BCUT2D eigenvalue weighted by atomic mass is 79.9. The number of nitrogens with zero attached hydrogens (tertiary/aromatic N) is 2. The number of carbonyl (C=O) groups excluding carboxylic acids is 1. The van der Waals surface area contributed by atoms with Crippen molar-refractivity contribution in [2.45, 2.75) is 0 Å². The van der Waals surface area contributed by atoms with Gasteiger partial charge in [-0.05, 0) is 35.9 Å². The van der Waals surface area contributed by atoms with Crippen LogP contribution >= 0.6 is 15.9 Å². The molecule has 1 fully saturated rings. The molecule has 0 aliphatic carbocycles. The van der Waals surface area contributed by atoms with E-state index in [0.717, 1.165) is 10.0 Å². The summed E-state index contributed by atoms with van der Waals surface area (Å²) in [6, 6.07) is 14.4. The van der Waals surface area contributed by atoms with E-state index in [4.69, 9.17) is 0 Å². The van der Waals surface area contributed by atoms with Crippen LogP contribution in [0.1, 0.15) is 5.56 Å². The summed E-state index contributed by atoms with van der Waals surface area (Å²) in [6.07, 6.45) is 3.49. The van der Waals surface area contributed by atoms with Gasteiger partial charge in [0.2, 0.25) is 0 Å². The molecule has 0 aromatic heterocycles. The zero-order valence-electron chi connectivity index (χ0n) is 13.7. The molecule has 3 rings (SSSR count). The number of para-hydroxylation sites is 1. The molecule has 2 aromatic carbocycles. The van der Waals surface area contributed by atoms with Crippen LogP contribution < -0.4 is 10.2 Å². The van der Waals surface area contributed by atoms with Crippen LogP contribution in [0.25, 0.3) is 6.08 Å². The van der Waals surface area contributed by atoms with Crippen molar-refractivity contribution in [3.63, 3.8) is 0 Å². The van der Waals surface area contributed by atoms with E-state index >= 15 is 0 Å². The number of piperazine rings is 1. The normalized spacial score (nSPS) is 14.8. The van der Waals surface area contributed by atoms with Gasteiger partial charge in [-0.3, -0.25) is 0 Å². The quantitative estimate of drug-likeness (QED) is 0.837. The van der Waals surface area contributed by atoms with Crippen LogP contribution in [0.5, 0.6) is 0 Å². The number of anilines is 1. The number of amides is 2. The van der Waals surface area contributed by atoms with Gasteiger partial charge in [-0.2, -0.15) is 0 Å². The third-order valence-electron chi connectivity index (χ3n) is 4.11. The summed E-state index contributed by atoms with van der Waals surface area (Å²) < 4.78 is 14.9. The van der Waals surface area contributed by atoms with Gasteiger partial charge in [-0.25, -0.2) is 9.18 Å². The standard InChI is InChI=1S/C19H19BrFN3O/c20-16-7-5-15(6-8-16)9-10-22-19(25)24-13-11-23(12-14-24)18-4-2-1-3-17(18)21/h1-10H,11-14H2,(H,22,25)/b10-9+. The van der Waals surface area contributed by atoms with Crippen LogP contribution in [-0.4, -0.2) is 37.1 Å². The molecule has 2 amide bonds. The minimum atomic E-state index is -0.224. The summed E-state index contributed by atoms with van der Waals surface area (Å²) in [6.45, 7) is 2.36. The van der Waals surface area contributed by atoms with Gasteiger partial charge in [0.05, 0.1) is 5.69 Å². The van der Waals surface area contributed by atoms with E-state index in [-0.39, 0.29) is 11.8 Å². The second kappa shape index (κ2) is 8.16. The molecule has 1 aliphatic rings. The number of hydrogen-bond acceptors (Lipinski definition) is 2. The molecule has 1 N–H and O–H groups in total. The fraction of sp³-hybridized carbons (Fsp3) is 0.211. The fourth-order valence-corrected chi connectivity index (χ4v) is 3.00. The van der Waals surface area contributed by atoms with Crippen molar-refractivity contribution in [2.24, 2.45) is 0 Å². The Hall–Kier alpha value is -2.34. The lowest BCUT2D eigenvalue weighted by atomic mass is 10.2. The highest BCUT2D eigenvalue weighted by Crippen LogP contribution is 2.20. The number of nitrogens with one attached hydrogen (secondary N) is 1. The zero-order valence-corrected chi connectivity index (χ0v) is 15.2. The molecule has 6 heteroatoms. The first-order valence-corrected chi connectivity index (χ1v) is 8.90. The number of rotatable bonds is 3. The molecule has 0 radical (unpaired) electrons. The topological polar surface area (TPSA) is 35.6 Å². The summed E-state index contributed by atoms with van der Waals surface area (Å²) in [5.41, 5.74) is 1.60. The molecule has 1 heterocycles. The Balaban J connectivity index is 1.50. The highest BCUT2D eigenvalue weighted by Gasteiger charge is 2.21. The molecule has 25 heavy (non-hydrogen) atoms. The first-order valence-electron chi connectivity index (χ1n) is 8.10. The highest BCUT2D eigenvalue weighted by molar-refractivity contribution is 9.10. The molecule has 1 saturated heterocycles. The van der Waals surface area contributed by atoms with Gasteiger partial charge < -0.3 is 15.1 Å². The number of carbonyl (C=O) groups is 1. The second-order valence-corrected chi connectivity index (χ2v) is 6.68. The van der Waals surface area contributed by atoms with Crippen molar-refractivity contribution >= 4 is 33.7 Å². The van der Waals surface area contributed by atoms with Crippen molar-refractivity contribution < 1.29 is 9.18 Å². The van der Waals surface area contributed by atoms with Crippen LogP contribution in [0.2, 0.25) is 0 Å². The van der Waals surface area contributed by atoms with Crippen molar-refractivity contribution in [3.8, 4) is 0 Å². The Morgan fingerprint density at radius 1 is 1.04 bits per heavy atom. The molecular weight excluding hydrogens is 385 g/mol. The summed E-state index contributed by atoms with van der Waals surface area (Å²) in [5.74, 6) is -0.224. The first kappa shape index (κ1) is 17.5. The minimum absolute atomic E-state index is 0.137. The SMILES string of the molecule is O=C(N/C=C/c1ccc(Br)cc1)N1CCN(c2ccccc2F)CC1. The van der Waals surface area contributed by atoms with Crippen molar-refractivity contribution in [3.05, 3.63) is 70.6 Å². The molecule has 4 nitrogen and oxygen atoms in total. The van der Waals surface area contributed by atoms with E-state index in [2.05, 4.69) is 21.2 Å². The summed E-state index contributed by atoms with van der Waals surface area (Å²) >= 11 is 3.39. The van der Waals surface area contributed by atoms with Crippen molar-refractivity contribution in [2.75, 3.05) is 31.1 Å². The maximum atomic E-state index is 13.8. The summed E-state index contributed by atoms with van der Waals surface area (Å²) in [4.78, 5) is 15.9. The monoisotopic (exact) mass is 403 g/mol. The Kier molecular flexibility index (Phi) is 5.71. The molecule has 1 aliphatic heterocycles. The van der Waals surface area contributed by atoms with E-state index in [9.17, 15) is 9.18 Å². The largest absolute Gasteiger partial charge is 0.366 e. The third kappa shape index (κ3) is 4.60. The van der Waals surface area contributed by atoms with Gasteiger partial charge in [0.15, 0.2) is 0 Å². The summed E-state index contributed by atoms with van der Waals surface area (Å²) in [5, 5.41) is 2.78. The lowest BCUT2D eigenvalue weighted by Crippen LogP contribution is -2.51. The van der Waals surface area contributed by atoms with E-state index in [1.165, 1.54) is 6.07 Å². The predicted octanol–water partition coefficient (Wildman–Crippen LogP) is 4.09. The number of hydrogen-bond donors (Lipinski definition) is 1. The molecule has 0 spiro atoms. The van der Waals surface area contributed by atoms with E-state index < -0.39 is 0 Å². The first-order chi connectivity index (χ1) is 12.1. The molecule has 0 saturated carbocycles. The Morgan fingerprint density at radius 3 is 2.40 bits per heavy atom. The van der Waals surface area contributed by atoms with Crippen molar-refractivity contribution in [1.82, 2.24) is 10.2 Å². The molecule has 0 unspecified atom stereocenters. The number of benzene rings is 2. The molecule has 130 valence electrons. The third-order valence-corrected chi connectivity index (χ3v) is 4.64. The summed E-state index contributed by atoms with van der Waals surface area (Å²) in [7, 11) is 0. The molecule has 0 atom stereocenters. The van der Waals surface area contributed by atoms with Crippen LogP contribution in [0.15, 0.2) is 59.2 Å². The molecule has 2 aromatic rings.